The van der Waals surface area contributed by atoms with Crippen molar-refractivity contribution in [3.8, 4) is 0 Å². The molecule has 696 valence electrons. The van der Waals surface area contributed by atoms with Crippen molar-refractivity contribution in [1.82, 2.24) is 72.5 Å². The predicted molar refractivity (Wildman–Crippen MR) is 466 cm³/mol. The topological polar surface area (TPSA) is 550 Å². The zero-order valence-corrected chi connectivity index (χ0v) is 77.7. The van der Waals surface area contributed by atoms with Gasteiger partial charge in [0.15, 0.2) is 19.7 Å². The molecular weight excluding hydrogens is 1720 g/mol. The van der Waals surface area contributed by atoms with Crippen LogP contribution < -0.4 is 42.9 Å². The Hall–Kier alpha value is -13.7. The number of hydrazone groups is 6. The van der Waals surface area contributed by atoms with E-state index in [2.05, 4.69) is 78.6 Å². The Morgan fingerprint density at radius 2 is 0.617 bits per heavy atom. The average Bonchev–Trinajstić information content (AvgIpc) is 1.59. The van der Waals surface area contributed by atoms with Gasteiger partial charge >= 0.3 is 24.1 Å². The average molecular weight is 1830 g/mol. The molecule has 6 aliphatic heterocycles. The standard InChI is InChI=1S/C16H21N5O4.C14H18N4O3.2C14H17N3O5S.C11H19N5O4.C9H16N4O3/c1-11-16(12(2)18-24-5,25-19-15(23)20(3)4)14(22)21(17-11)13-9-7-6-8-10-13;1-10-14(2,21-16-13(20)17(3)4)12(19)18(15-10)11-8-6-5-7-9-11;2*1-9(18)16-22-14(2)12(15-17(3)13(14)19)10-5-7-11(8-6-10)23(4,20)21;1-7-11(8(2)13-19-6,9(17)16(5)12-7)20-14-10(18)15(3)4;1-6-9(2,7(14)13(5)10-6)16-11-8(15)12(3)4/h6-10H,1-5H3,(H,19,23);5-9H,1-4H3,(H,16,20);2*5-8H,1-4H3,(H,16,18);1-6H3,(H,14,18);1-5H3,(H,11,15)/b18-12+;;;;13-8+;. The van der Waals surface area contributed by atoms with Crippen LogP contribution in [0, 0.1) is 0 Å². The molecule has 0 radical (unpaired) electrons. The predicted octanol–water partition coefficient (Wildman–Crippen LogP) is 2.52. The summed E-state index contributed by atoms with van der Waals surface area (Å²) in [5.74, 6) is -3.46. The van der Waals surface area contributed by atoms with Gasteiger partial charge in [0.25, 0.3) is 46.6 Å². The van der Waals surface area contributed by atoms with Crippen LogP contribution in [-0.2, 0) is 96.7 Å². The van der Waals surface area contributed by atoms with Crippen LogP contribution in [0.15, 0.2) is 160 Å². The lowest BCUT2D eigenvalue weighted by Crippen LogP contribution is -2.57. The zero-order valence-electron chi connectivity index (χ0n) is 76.1. The van der Waals surface area contributed by atoms with Crippen molar-refractivity contribution in [3.63, 3.8) is 0 Å². The number of hydrogen-bond donors (Lipinski definition) is 6. The van der Waals surface area contributed by atoms with Gasteiger partial charge in [0.05, 0.1) is 44.0 Å². The molecule has 0 saturated carbocycles. The Kier molecular flexibility index (Phi) is 35.3. The second-order valence-electron chi connectivity index (χ2n) is 29.8. The van der Waals surface area contributed by atoms with Gasteiger partial charge < -0.3 is 29.3 Å². The normalized spacial score (nSPS) is 21.7. The second-order valence-corrected chi connectivity index (χ2v) is 33.8. The van der Waals surface area contributed by atoms with Crippen molar-refractivity contribution < 1.29 is 113 Å². The summed E-state index contributed by atoms with van der Waals surface area (Å²) in [6.45, 7) is 18.3. The number of hydrogen-bond acceptors (Lipinski definition) is 32. The molecule has 6 unspecified atom stereocenters. The summed E-state index contributed by atoms with van der Waals surface area (Å²) in [4.78, 5) is 189. The minimum absolute atomic E-state index is 0.156. The monoisotopic (exact) mass is 1830 g/mol. The first kappa shape index (κ1) is 105. The highest BCUT2D eigenvalue weighted by Gasteiger charge is 2.58. The second kappa shape index (κ2) is 43.0. The van der Waals surface area contributed by atoms with Crippen LogP contribution in [0.2, 0.25) is 0 Å². The van der Waals surface area contributed by atoms with E-state index in [-0.39, 0.29) is 44.5 Å². The SMILES string of the molecule is CC(=O)NOC1(C)C(=O)N(C)N=C1c1ccc(S(C)(=O)=O)cc1.CC(=O)NOC1(C)C(=O)N(C)N=C1c1ccc(S(C)(=O)=O)cc1.CC1=NN(C)C(=O)C1(C)ONC(=O)N(C)C.CC1=NN(c2ccccc2)C(=O)C1(C)ONC(=O)N(C)C.CO/N=C(\C)C1(ONC(=O)N(C)C)C(=O)N(C)N=C1C.CO/N=C(\C)C1(ONC(=O)N(C)C)C(=O)N(c2ccccc2)N=C1C. The van der Waals surface area contributed by atoms with Gasteiger partial charge in [-0.2, -0.15) is 40.6 Å². The smallest absolute Gasteiger partial charge is 0.340 e. The fraction of sp³-hybridized carbons (Fsp3) is 0.436. The first-order chi connectivity index (χ1) is 59.4. The van der Waals surface area contributed by atoms with Crippen LogP contribution in [-0.4, -0.2) is 318 Å². The highest BCUT2D eigenvalue weighted by atomic mass is 32.2. The maximum atomic E-state index is 13.1. The number of para-hydroxylation sites is 2. The van der Waals surface area contributed by atoms with Crippen LogP contribution >= 0.6 is 0 Å². The Balaban J connectivity index is 0.000000274. The van der Waals surface area contributed by atoms with Gasteiger partial charge in [-0.1, -0.05) is 71.0 Å². The molecule has 0 aliphatic carbocycles. The molecule has 128 heavy (non-hydrogen) atoms. The number of carbonyl (C=O) groups excluding carboxylic acids is 12. The third-order valence-corrected chi connectivity index (χ3v) is 21.2. The molecule has 0 fully saturated rings. The molecule has 6 N–H and O–H groups in total. The van der Waals surface area contributed by atoms with Gasteiger partial charge in [-0.25, -0.2) is 108 Å². The molecular formula is C78H108N24O24S2. The number of sulfone groups is 2. The summed E-state index contributed by atoms with van der Waals surface area (Å²) in [5, 5.41) is 39.4. The van der Waals surface area contributed by atoms with Gasteiger partial charge in [-0.3, -0.25) is 48.0 Å². The zero-order chi connectivity index (χ0) is 97.1. The van der Waals surface area contributed by atoms with Gasteiger partial charge in [0.1, 0.15) is 37.1 Å². The highest BCUT2D eigenvalue weighted by molar-refractivity contribution is 7.91. The molecule has 6 atom stereocenters. The minimum atomic E-state index is -3.32. The first-order valence-corrected chi connectivity index (χ1v) is 41.8. The van der Waals surface area contributed by atoms with Gasteiger partial charge in [-0.15, -0.1) is 0 Å². The number of amides is 16. The molecule has 0 aromatic heterocycles. The number of oxime groups is 2. The number of carbonyl (C=O) groups is 12. The lowest BCUT2D eigenvalue weighted by molar-refractivity contribution is -0.157. The summed E-state index contributed by atoms with van der Waals surface area (Å²) in [6.07, 6.45) is 2.22. The van der Waals surface area contributed by atoms with E-state index in [1.54, 1.807) is 148 Å². The number of hydroxylamine groups is 6. The third kappa shape index (κ3) is 24.1. The Morgan fingerprint density at radius 1 is 0.352 bits per heavy atom. The lowest BCUT2D eigenvalue weighted by Gasteiger charge is -2.27. The van der Waals surface area contributed by atoms with Crippen molar-refractivity contribution >= 4 is 148 Å². The molecule has 0 spiro atoms. The number of benzene rings is 4. The summed E-state index contributed by atoms with van der Waals surface area (Å²) in [5.41, 5.74) is 9.31. The van der Waals surface area contributed by atoms with E-state index in [0.717, 1.165) is 27.5 Å². The number of urea groups is 4. The fourth-order valence-corrected chi connectivity index (χ4v) is 12.6. The third-order valence-electron chi connectivity index (χ3n) is 19.0. The van der Waals surface area contributed by atoms with Crippen molar-refractivity contribution in [2.45, 2.75) is 126 Å². The molecule has 0 saturated heterocycles. The number of nitrogens with one attached hydrogen (secondary N) is 6. The summed E-state index contributed by atoms with van der Waals surface area (Å²) in [6, 6.07) is 27.9. The van der Waals surface area contributed by atoms with Crippen molar-refractivity contribution in [2.24, 2.45) is 40.9 Å². The lowest BCUT2D eigenvalue weighted by atomic mass is 9.93. The molecule has 16 amide bonds. The molecule has 6 aliphatic rings. The number of anilines is 2. The molecule has 4 aromatic rings. The van der Waals surface area contributed by atoms with E-state index in [4.69, 9.17) is 33.9 Å². The molecule has 6 heterocycles. The van der Waals surface area contributed by atoms with Crippen LogP contribution in [0.4, 0.5) is 30.6 Å². The van der Waals surface area contributed by atoms with Crippen molar-refractivity contribution in [3.05, 3.63) is 120 Å². The first-order valence-electron chi connectivity index (χ1n) is 38.0. The molecule has 4 aromatic carbocycles. The van der Waals surface area contributed by atoms with Crippen LogP contribution in [0.5, 0.6) is 0 Å². The van der Waals surface area contributed by atoms with Crippen molar-refractivity contribution in [1.29, 1.82) is 0 Å². The molecule has 10 rings (SSSR count). The van der Waals surface area contributed by atoms with Crippen LogP contribution in [0.3, 0.4) is 0 Å². The van der Waals surface area contributed by atoms with E-state index in [1.165, 1.54) is 153 Å². The number of nitrogens with zero attached hydrogens (tertiary/aromatic N) is 18. The Labute approximate surface area is 739 Å². The van der Waals surface area contributed by atoms with Gasteiger partial charge in [-0.05, 0) is 118 Å². The maximum Gasteiger partial charge on any atom is 0.340 e. The minimum Gasteiger partial charge on any atom is -0.399 e. The maximum absolute atomic E-state index is 13.1. The molecule has 48 nitrogen and oxygen atoms in total. The van der Waals surface area contributed by atoms with Gasteiger partial charge in [0.2, 0.25) is 34.2 Å². The van der Waals surface area contributed by atoms with E-state index in [0.29, 0.717) is 45.3 Å². The number of likely N-dealkylation sites (N-methyl/N-ethyl adjacent to an activating group) is 4. The van der Waals surface area contributed by atoms with Crippen LogP contribution in [0.1, 0.15) is 94.2 Å². The van der Waals surface area contributed by atoms with E-state index < -0.39 is 113 Å². The quantitative estimate of drug-likeness (QED) is 0.0486. The summed E-state index contributed by atoms with van der Waals surface area (Å²) >= 11 is 0. The van der Waals surface area contributed by atoms with Gasteiger partial charge in [0, 0.05) is 122 Å². The Morgan fingerprint density at radius 3 is 0.914 bits per heavy atom. The number of rotatable bonds is 22. The van der Waals surface area contributed by atoms with E-state index in [1.807, 2.05) is 24.3 Å². The van der Waals surface area contributed by atoms with E-state index >= 15 is 0 Å². The largest absolute Gasteiger partial charge is 0.399 e. The summed E-state index contributed by atoms with van der Waals surface area (Å²) in [7, 11) is 14.5. The Bertz CT molecular complexity index is 5230. The van der Waals surface area contributed by atoms with Crippen LogP contribution in [0.25, 0.3) is 0 Å². The fourth-order valence-electron chi connectivity index (χ4n) is 11.3. The summed E-state index contributed by atoms with van der Waals surface area (Å²) < 4.78 is 46.0. The molecule has 50 heteroatoms. The molecule has 0 bridgehead atoms. The van der Waals surface area contributed by atoms with E-state index in [9.17, 15) is 74.4 Å². The van der Waals surface area contributed by atoms with Crippen molar-refractivity contribution in [2.75, 3.05) is 121 Å². The highest BCUT2D eigenvalue weighted by Crippen LogP contribution is 2.34.